The van der Waals surface area contributed by atoms with Gasteiger partial charge in [-0.15, -0.1) is 12.4 Å². The van der Waals surface area contributed by atoms with Crippen LogP contribution in [-0.2, 0) is 0 Å². The zero-order valence-electron chi connectivity index (χ0n) is 8.09. The Morgan fingerprint density at radius 1 is 1.33 bits per heavy atom. The second kappa shape index (κ2) is 5.80. The number of hydrogen-bond donors (Lipinski definition) is 2. The Balaban J connectivity index is 0.00000112. The maximum atomic E-state index is 12.8. The van der Waals surface area contributed by atoms with Crippen molar-refractivity contribution in [1.29, 1.82) is 0 Å². The van der Waals surface area contributed by atoms with Gasteiger partial charge in [0.15, 0.2) is 0 Å². The maximum Gasteiger partial charge on any atom is 0.124 e. The number of benzene rings is 1. The molecule has 15 heavy (non-hydrogen) atoms. The highest BCUT2D eigenvalue weighted by atomic mass is 79.9. The van der Waals surface area contributed by atoms with Gasteiger partial charge in [0, 0.05) is 30.1 Å². The van der Waals surface area contributed by atoms with E-state index in [0.717, 1.165) is 29.7 Å². The molecule has 0 amide bonds. The molecule has 0 saturated carbocycles. The molecule has 1 aliphatic heterocycles. The molecule has 0 radical (unpaired) electrons. The smallest absolute Gasteiger partial charge is 0.124 e. The van der Waals surface area contributed by atoms with E-state index in [0.29, 0.717) is 0 Å². The van der Waals surface area contributed by atoms with Gasteiger partial charge in [-0.05, 0) is 17.7 Å². The predicted octanol–water partition coefficient (Wildman–Crippen LogP) is 2.24. The summed E-state index contributed by atoms with van der Waals surface area (Å²) in [7, 11) is 0. The normalized spacial score (nSPS) is 20.8. The van der Waals surface area contributed by atoms with Gasteiger partial charge in [0.1, 0.15) is 5.82 Å². The van der Waals surface area contributed by atoms with Gasteiger partial charge in [0.05, 0.1) is 0 Å². The van der Waals surface area contributed by atoms with E-state index in [1.165, 1.54) is 12.1 Å². The number of rotatable bonds is 1. The van der Waals surface area contributed by atoms with Crippen molar-refractivity contribution in [2.45, 2.75) is 6.04 Å². The molecule has 5 heteroatoms. The van der Waals surface area contributed by atoms with Crippen molar-refractivity contribution in [3.05, 3.63) is 34.1 Å². The lowest BCUT2D eigenvalue weighted by Gasteiger charge is -2.25. The first kappa shape index (κ1) is 12.9. The zero-order chi connectivity index (χ0) is 9.97. The van der Waals surface area contributed by atoms with Gasteiger partial charge >= 0.3 is 0 Å². The lowest BCUT2D eigenvalue weighted by Crippen LogP contribution is -2.42. The minimum atomic E-state index is -0.204. The standard InChI is InChI=1S/C10H12BrFN2.ClH/c11-9-5-7(12)1-2-8(9)10-6-13-3-4-14-10;/h1-2,5,10,13-14H,3-4,6H2;1H/t10-;/m0./s1. The molecule has 2 rings (SSSR count). The summed E-state index contributed by atoms with van der Waals surface area (Å²) in [5.74, 6) is -0.204. The summed E-state index contributed by atoms with van der Waals surface area (Å²) in [5.41, 5.74) is 1.11. The average Bonchev–Trinajstić information content (AvgIpc) is 2.19. The van der Waals surface area contributed by atoms with Crippen LogP contribution in [0.25, 0.3) is 0 Å². The van der Waals surface area contributed by atoms with Gasteiger partial charge < -0.3 is 10.6 Å². The van der Waals surface area contributed by atoms with Crippen molar-refractivity contribution < 1.29 is 4.39 Å². The molecule has 0 bridgehead atoms. The van der Waals surface area contributed by atoms with E-state index >= 15 is 0 Å². The molecular weight excluding hydrogens is 282 g/mol. The topological polar surface area (TPSA) is 24.1 Å². The lowest BCUT2D eigenvalue weighted by molar-refractivity contribution is 0.428. The second-order valence-corrected chi connectivity index (χ2v) is 4.23. The molecular formula is C10H13BrClFN2. The molecule has 1 heterocycles. The molecule has 1 aliphatic rings. The second-order valence-electron chi connectivity index (χ2n) is 3.38. The quantitative estimate of drug-likeness (QED) is 0.830. The first-order valence-electron chi connectivity index (χ1n) is 4.66. The van der Waals surface area contributed by atoms with Crippen molar-refractivity contribution in [1.82, 2.24) is 10.6 Å². The molecule has 2 nitrogen and oxygen atoms in total. The van der Waals surface area contributed by atoms with Crippen LogP contribution in [0, 0.1) is 5.82 Å². The molecule has 1 fully saturated rings. The van der Waals surface area contributed by atoms with Crippen LogP contribution >= 0.6 is 28.3 Å². The fourth-order valence-electron chi connectivity index (χ4n) is 1.66. The highest BCUT2D eigenvalue weighted by molar-refractivity contribution is 9.10. The number of nitrogens with one attached hydrogen (secondary N) is 2. The van der Waals surface area contributed by atoms with Gasteiger partial charge in [0.2, 0.25) is 0 Å². The third kappa shape index (κ3) is 3.14. The summed E-state index contributed by atoms with van der Waals surface area (Å²) in [6, 6.07) is 5.10. The van der Waals surface area contributed by atoms with Crippen LogP contribution in [0.5, 0.6) is 0 Å². The first-order chi connectivity index (χ1) is 6.77. The molecule has 0 aliphatic carbocycles. The maximum absolute atomic E-state index is 12.8. The highest BCUT2D eigenvalue weighted by Gasteiger charge is 2.16. The first-order valence-corrected chi connectivity index (χ1v) is 5.46. The van der Waals surface area contributed by atoms with E-state index in [2.05, 4.69) is 26.6 Å². The van der Waals surface area contributed by atoms with Crippen LogP contribution in [-0.4, -0.2) is 19.6 Å². The highest BCUT2D eigenvalue weighted by Crippen LogP contribution is 2.24. The molecule has 1 atom stereocenters. The fourth-order valence-corrected chi connectivity index (χ4v) is 2.28. The average molecular weight is 296 g/mol. The van der Waals surface area contributed by atoms with Crippen LogP contribution in [0.1, 0.15) is 11.6 Å². The van der Waals surface area contributed by atoms with Crippen molar-refractivity contribution in [2.24, 2.45) is 0 Å². The summed E-state index contributed by atoms with van der Waals surface area (Å²) in [5, 5.41) is 6.68. The summed E-state index contributed by atoms with van der Waals surface area (Å²) >= 11 is 3.37. The zero-order valence-corrected chi connectivity index (χ0v) is 10.5. The Hall–Kier alpha value is -0.160. The van der Waals surface area contributed by atoms with Crippen molar-refractivity contribution in [2.75, 3.05) is 19.6 Å². The van der Waals surface area contributed by atoms with Crippen molar-refractivity contribution in [3.63, 3.8) is 0 Å². The Kier molecular flexibility index (Phi) is 4.99. The third-order valence-corrected chi connectivity index (χ3v) is 3.07. The molecule has 84 valence electrons. The summed E-state index contributed by atoms with van der Waals surface area (Å²) < 4.78 is 13.7. The van der Waals surface area contributed by atoms with Crippen LogP contribution < -0.4 is 10.6 Å². The van der Waals surface area contributed by atoms with Gasteiger partial charge in [-0.3, -0.25) is 0 Å². The van der Waals surface area contributed by atoms with E-state index in [9.17, 15) is 4.39 Å². The van der Waals surface area contributed by atoms with Crippen LogP contribution in [0.4, 0.5) is 4.39 Å². The van der Waals surface area contributed by atoms with Gasteiger partial charge in [-0.25, -0.2) is 4.39 Å². The molecule has 2 N–H and O–H groups in total. The van der Waals surface area contributed by atoms with Gasteiger partial charge in [0.25, 0.3) is 0 Å². The van der Waals surface area contributed by atoms with E-state index in [4.69, 9.17) is 0 Å². The van der Waals surface area contributed by atoms with Gasteiger partial charge in [-0.2, -0.15) is 0 Å². The lowest BCUT2D eigenvalue weighted by atomic mass is 10.1. The SMILES string of the molecule is Cl.Fc1ccc([C@@H]2CNCCN2)c(Br)c1. The van der Waals surface area contributed by atoms with Crippen molar-refractivity contribution in [3.8, 4) is 0 Å². The predicted molar refractivity (Wildman–Crippen MR) is 65.0 cm³/mol. The Morgan fingerprint density at radius 3 is 2.73 bits per heavy atom. The van der Waals surface area contributed by atoms with Crippen molar-refractivity contribution >= 4 is 28.3 Å². The van der Waals surface area contributed by atoms with Gasteiger partial charge in [-0.1, -0.05) is 22.0 Å². The molecule has 1 saturated heterocycles. The summed E-state index contributed by atoms with van der Waals surface area (Å²) in [6.07, 6.45) is 0. The largest absolute Gasteiger partial charge is 0.314 e. The van der Waals surface area contributed by atoms with E-state index in [1.54, 1.807) is 0 Å². The number of piperazine rings is 1. The minimum Gasteiger partial charge on any atom is -0.314 e. The van der Waals surface area contributed by atoms with Crippen LogP contribution in [0.15, 0.2) is 22.7 Å². The van der Waals surface area contributed by atoms with E-state index in [1.807, 2.05) is 6.07 Å². The molecule has 0 spiro atoms. The molecule has 1 aromatic rings. The Bertz CT molecular complexity index is 329. The molecule has 1 aromatic carbocycles. The van der Waals surface area contributed by atoms with E-state index < -0.39 is 0 Å². The minimum absolute atomic E-state index is 0. The van der Waals surface area contributed by atoms with E-state index in [-0.39, 0.29) is 24.3 Å². The summed E-state index contributed by atoms with van der Waals surface area (Å²) in [4.78, 5) is 0. The monoisotopic (exact) mass is 294 g/mol. The number of halogens is 3. The molecule has 0 unspecified atom stereocenters. The summed E-state index contributed by atoms with van der Waals surface area (Å²) in [6.45, 7) is 2.84. The third-order valence-electron chi connectivity index (χ3n) is 2.38. The number of hydrogen-bond acceptors (Lipinski definition) is 2. The van der Waals surface area contributed by atoms with Crippen LogP contribution in [0.3, 0.4) is 0 Å². The molecule has 0 aromatic heterocycles. The fraction of sp³-hybridized carbons (Fsp3) is 0.400. The van der Waals surface area contributed by atoms with Crippen LogP contribution in [0.2, 0.25) is 0 Å². The Morgan fingerprint density at radius 2 is 2.13 bits per heavy atom. The Labute approximate surface area is 103 Å².